The molecule has 2 saturated heterocycles. The average molecular weight is 524 g/mol. The van der Waals surface area contributed by atoms with Crippen LogP contribution in [0.4, 0.5) is 14.5 Å². The fourth-order valence-electron chi connectivity index (χ4n) is 7.21. The van der Waals surface area contributed by atoms with Crippen LogP contribution in [0.5, 0.6) is 5.75 Å². The summed E-state index contributed by atoms with van der Waals surface area (Å²) in [5.74, 6) is -2.72. The van der Waals surface area contributed by atoms with Crippen molar-refractivity contribution in [1.29, 1.82) is 0 Å². The third-order valence-electron chi connectivity index (χ3n) is 9.04. The highest BCUT2D eigenvalue weighted by molar-refractivity contribution is 5.89. The number of carboxylic acid groups (broad SMARTS) is 1. The first-order chi connectivity index (χ1) is 18.2. The Bertz CT molecular complexity index is 1370. The fraction of sp³-hybridized carbons (Fsp3) is 0.500. The van der Waals surface area contributed by atoms with E-state index >= 15 is 0 Å². The van der Waals surface area contributed by atoms with Crippen LogP contribution < -0.4 is 9.64 Å². The second-order valence-electron chi connectivity index (χ2n) is 11.6. The third kappa shape index (κ3) is 4.32. The van der Waals surface area contributed by atoms with Crippen LogP contribution >= 0.6 is 0 Å². The molecule has 6 rings (SSSR count). The van der Waals surface area contributed by atoms with E-state index in [0.717, 1.165) is 71.4 Å². The number of halogens is 2. The molecule has 1 spiro atoms. The van der Waals surface area contributed by atoms with Crippen molar-refractivity contribution in [2.45, 2.75) is 64.0 Å². The Morgan fingerprint density at radius 2 is 1.92 bits per heavy atom. The minimum absolute atomic E-state index is 0.0630. The molecule has 8 heteroatoms. The number of aromatic carboxylic acids is 1. The van der Waals surface area contributed by atoms with Crippen molar-refractivity contribution in [3.8, 4) is 5.75 Å². The summed E-state index contributed by atoms with van der Waals surface area (Å²) in [6, 6.07) is 9.42. The average Bonchev–Trinajstić information content (AvgIpc) is 3.58. The number of rotatable bonds is 6. The summed E-state index contributed by atoms with van der Waals surface area (Å²) in [5.41, 5.74) is 5.13. The number of aromatic nitrogens is 1. The van der Waals surface area contributed by atoms with Crippen molar-refractivity contribution in [2.24, 2.45) is 5.41 Å². The van der Waals surface area contributed by atoms with Crippen LogP contribution in [0.25, 0.3) is 10.9 Å². The van der Waals surface area contributed by atoms with Gasteiger partial charge in [-0.3, -0.25) is 4.90 Å². The normalized spacial score (nSPS) is 22.6. The predicted molar refractivity (Wildman–Crippen MR) is 143 cm³/mol. The van der Waals surface area contributed by atoms with Gasteiger partial charge in [-0.15, -0.1) is 0 Å². The molecule has 2 aromatic carbocycles. The Labute approximate surface area is 221 Å². The number of anilines is 1. The van der Waals surface area contributed by atoms with Gasteiger partial charge < -0.3 is 19.7 Å². The standard InChI is InChI=1S/C30H35F2N3O3/c1-19-13-26(38-2)23(21-7-9-33-27(19)21)16-35-12-8-29(17-30(31,32)18-29)15-25(35)22-6-5-20(28(36)37)14-24(22)34-10-3-4-11-34/h5-7,9,13-14,25,33H,3-4,8,10-12,15-18H2,1-2H3,(H,36,37)/t25-/m1/s1. The van der Waals surface area contributed by atoms with E-state index in [1.165, 1.54) is 0 Å². The van der Waals surface area contributed by atoms with Gasteiger partial charge in [-0.05, 0) is 80.0 Å². The topological polar surface area (TPSA) is 68.8 Å². The minimum Gasteiger partial charge on any atom is -0.496 e. The Morgan fingerprint density at radius 3 is 2.61 bits per heavy atom. The number of piperidine rings is 1. The maximum atomic E-state index is 14.2. The van der Waals surface area contributed by atoms with Crippen LogP contribution in [-0.4, -0.2) is 53.6 Å². The highest BCUT2D eigenvalue weighted by atomic mass is 19.3. The van der Waals surface area contributed by atoms with Gasteiger partial charge in [0.05, 0.1) is 12.7 Å². The fourth-order valence-corrected chi connectivity index (χ4v) is 7.21. The zero-order valence-corrected chi connectivity index (χ0v) is 22.0. The van der Waals surface area contributed by atoms with E-state index in [1.807, 2.05) is 12.3 Å². The van der Waals surface area contributed by atoms with Gasteiger partial charge in [0.2, 0.25) is 5.92 Å². The summed E-state index contributed by atoms with van der Waals surface area (Å²) < 4.78 is 34.2. The van der Waals surface area contributed by atoms with E-state index in [-0.39, 0.29) is 29.9 Å². The minimum atomic E-state index is -2.59. The number of hydrogen-bond acceptors (Lipinski definition) is 4. The lowest BCUT2D eigenvalue weighted by atomic mass is 9.58. The number of benzene rings is 2. The number of alkyl halides is 2. The molecule has 38 heavy (non-hydrogen) atoms. The van der Waals surface area contributed by atoms with Gasteiger partial charge in [-0.25, -0.2) is 13.6 Å². The molecule has 0 unspecified atom stereocenters. The molecule has 3 aliphatic rings. The molecule has 3 heterocycles. The zero-order valence-electron chi connectivity index (χ0n) is 22.0. The van der Waals surface area contributed by atoms with Crippen molar-refractivity contribution in [3.63, 3.8) is 0 Å². The van der Waals surface area contributed by atoms with E-state index in [2.05, 4.69) is 33.8 Å². The molecule has 1 atom stereocenters. The maximum Gasteiger partial charge on any atom is 0.335 e. The number of H-pyrrole nitrogens is 1. The van der Waals surface area contributed by atoms with Crippen molar-refractivity contribution in [1.82, 2.24) is 9.88 Å². The molecule has 0 radical (unpaired) electrons. The van der Waals surface area contributed by atoms with Gasteiger partial charge in [-0.1, -0.05) is 6.07 Å². The first kappa shape index (κ1) is 25.2. The van der Waals surface area contributed by atoms with Crippen LogP contribution in [0.3, 0.4) is 0 Å². The van der Waals surface area contributed by atoms with Crippen LogP contribution in [0.1, 0.15) is 71.6 Å². The number of fused-ring (bicyclic) bond motifs is 1. The molecule has 2 aliphatic heterocycles. The maximum absolute atomic E-state index is 14.2. The number of methoxy groups -OCH3 is 1. The molecule has 2 N–H and O–H groups in total. The first-order valence-corrected chi connectivity index (χ1v) is 13.6. The van der Waals surface area contributed by atoms with Gasteiger partial charge in [0.15, 0.2) is 0 Å². The number of hydrogen-bond donors (Lipinski definition) is 2. The van der Waals surface area contributed by atoms with Gasteiger partial charge in [0, 0.05) is 66.9 Å². The predicted octanol–water partition coefficient (Wildman–Crippen LogP) is 6.54. The Balaban J connectivity index is 1.43. The van der Waals surface area contributed by atoms with E-state index in [9.17, 15) is 18.7 Å². The molecule has 3 fully saturated rings. The molecular formula is C30H35F2N3O3. The molecule has 1 aromatic heterocycles. The van der Waals surface area contributed by atoms with Gasteiger partial charge in [0.1, 0.15) is 5.75 Å². The summed E-state index contributed by atoms with van der Waals surface area (Å²) in [4.78, 5) is 19.9. The monoisotopic (exact) mass is 523 g/mol. The van der Waals surface area contributed by atoms with E-state index in [1.54, 1.807) is 19.2 Å². The number of nitrogens with zero attached hydrogens (tertiary/aromatic N) is 2. The quantitative estimate of drug-likeness (QED) is 0.384. The highest BCUT2D eigenvalue weighted by Gasteiger charge is 2.58. The zero-order chi connectivity index (χ0) is 26.7. The number of aromatic amines is 1. The molecule has 1 saturated carbocycles. The molecular weight excluding hydrogens is 488 g/mol. The lowest BCUT2D eigenvalue weighted by Gasteiger charge is -2.55. The second kappa shape index (κ2) is 9.26. The van der Waals surface area contributed by atoms with E-state index in [4.69, 9.17) is 4.74 Å². The highest BCUT2D eigenvalue weighted by Crippen LogP contribution is 2.61. The number of aryl methyl sites for hydroxylation is 1. The van der Waals surface area contributed by atoms with Crippen LogP contribution in [0, 0.1) is 12.3 Å². The Hall–Kier alpha value is -3.13. The first-order valence-electron chi connectivity index (χ1n) is 13.6. The van der Waals surface area contributed by atoms with E-state index in [0.29, 0.717) is 19.5 Å². The Kier molecular flexibility index (Phi) is 6.13. The second-order valence-corrected chi connectivity index (χ2v) is 11.6. The van der Waals surface area contributed by atoms with Crippen LogP contribution in [0.2, 0.25) is 0 Å². The van der Waals surface area contributed by atoms with Crippen molar-refractivity contribution in [2.75, 3.05) is 31.6 Å². The largest absolute Gasteiger partial charge is 0.496 e. The smallest absolute Gasteiger partial charge is 0.335 e. The summed E-state index contributed by atoms with van der Waals surface area (Å²) in [6.07, 6.45) is 5.31. The van der Waals surface area contributed by atoms with Gasteiger partial charge in [-0.2, -0.15) is 0 Å². The number of nitrogens with one attached hydrogen (secondary N) is 1. The molecule has 0 amide bonds. The van der Waals surface area contributed by atoms with Crippen molar-refractivity contribution < 1.29 is 23.4 Å². The summed E-state index contributed by atoms with van der Waals surface area (Å²) >= 11 is 0. The molecule has 1 aliphatic carbocycles. The van der Waals surface area contributed by atoms with E-state index < -0.39 is 11.9 Å². The molecule has 0 bridgehead atoms. The molecule has 3 aromatic rings. The van der Waals surface area contributed by atoms with Gasteiger partial charge in [0.25, 0.3) is 0 Å². The van der Waals surface area contributed by atoms with Crippen molar-refractivity contribution >= 4 is 22.6 Å². The SMILES string of the molecule is COc1cc(C)c2[nH]ccc2c1CN1CCC2(C[C@@H]1c1ccc(C(=O)O)cc1N1CCCC1)CC(F)(F)C2. The molecule has 202 valence electrons. The summed E-state index contributed by atoms with van der Waals surface area (Å²) in [6.45, 7) is 5.13. The molecule has 6 nitrogen and oxygen atoms in total. The van der Waals surface area contributed by atoms with Crippen molar-refractivity contribution in [3.05, 3.63) is 58.8 Å². The Morgan fingerprint density at radius 1 is 1.16 bits per heavy atom. The lowest BCUT2D eigenvalue weighted by molar-refractivity contribution is -0.186. The number of carbonyl (C=O) groups is 1. The lowest BCUT2D eigenvalue weighted by Crippen LogP contribution is -2.53. The third-order valence-corrected chi connectivity index (χ3v) is 9.04. The van der Waals surface area contributed by atoms with Gasteiger partial charge >= 0.3 is 5.97 Å². The van der Waals surface area contributed by atoms with Crippen LogP contribution in [-0.2, 0) is 6.54 Å². The number of carboxylic acids is 1. The summed E-state index contributed by atoms with van der Waals surface area (Å²) in [7, 11) is 1.69. The summed E-state index contributed by atoms with van der Waals surface area (Å²) in [5, 5.41) is 10.8. The number of ether oxygens (including phenoxy) is 1. The van der Waals surface area contributed by atoms with Crippen LogP contribution in [0.15, 0.2) is 36.5 Å². The number of likely N-dealkylation sites (tertiary alicyclic amines) is 1.